The SMILES string of the molecule is CN1C[C@@H](N2CCC2)C[C@H](C(=O)NO)[C@H]1C(=O)N1CC=C(c2ccccc2)CC1. The van der Waals surface area contributed by atoms with E-state index in [0.29, 0.717) is 19.5 Å². The maximum absolute atomic E-state index is 13.4. The van der Waals surface area contributed by atoms with Crippen LogP contribution in [0.2, 0.25) is 0 Å². The highest BCUT2D eigenvalue weighted by Gasteiger charge is 2.46. The summed E-state index contributed by atoms with van der Waals surface area (Å²) in [6.07, 6.45) is 4.71. The van der Waals surface area contributed by atoms with Crippen molar-refractivity contribution in [3.8, 4) is 0 Å². The van der Waals surface area contributed by atoms with Crippen molar-refractivity contribution in [2.24, 2.45) is 5.92 Å². The van der Waals surface area contributed by atoms with Gasteiger partial charge in [-0.2, -0.15) is 0 Å². The van der Waals surface area contributed by atoms with Gasteiger partial charge in [0.25, 0.3) is 0 Å². The molecule has 2 saturated heterocycles. The third kappa shape index (κ3) is 4.08. The van der Waals surface area contributed by atoms with Gasteiger partial charge in [0, 0.05) is 25.7 Å². The van der Waals surface area contributed by atoms with Crippen LogP contribution in [0, 0.1) is 5.92 Å². The van der Waals surface area contributed by atoms with Crippen LogP contribution in [-0.2, 0) is 9.59 Å². The van der Waals surface area contributed by atoms with Gasteiger partial charge in [0.2, 0.25) is 11.8 Å². The first kappa shape index (κ1) is 20.1. The molecule has 3 aliphatic heterocycles. The lowest BCUT2D eigenvalue weighted by molar-refractivity contribution is -0.150. The molecular weight excluding hydrogens is 368 g/mol. The largest absolute Gasteiger partial charge is 0.337 e. The van der Waals surface area contributed by atoms with Gasteiger partial charge in [-0.3, -0.25) is 24.6 Å². The maximum Gasteiger partial charge on any atom is 0.248 e. The predicted octanol–water partition coefficient (Wildman–Crippen LogP) is 1.20. The monoisotopic (exact) mass is 398 g/mol. The topological polar surface area (TPSA) is 76.1 Å². The Bertz CT molecular complexity index is 778. The molecule has 3 atom stereocenters. The second kappa shape index (κ2) is 8.65. The normalized spacial score (nSPS) is 28.4. The summed E-state index contributed by atoms with van der Waals surface area (Å²) >= 11 is 0. The van der Waals surface area contributed by atoms with Crippen molar-refractivity contribution in [1.82, 2.24) is 20.2 Å². The number of likely N-dealkylation sites (N-methyl/N-ethyl adjacent to an activating group) is 1. The summed E-state index contributed by atoms with van der Waals surface area (Å²) in [7, 11) is 1.92. The molecule has 0 radical (unpaired) electrons. The molecule has 7 nitrogen and oxygen atoms in total. The zero-order chi connectivity index (χ0) is 20.4. The van der Waals surface area contributed by atoms with Crippen molar-refractivity contribution in [2.45, 2.75) is 31.3 Å². The smallest absolute Gasteiger partial charge is 0.248 e. The number of hydrogen-bond acceptors (Lipinski definition) is 5. The van der Waals surface area contributed by atoms with Gasteiger partial charge in [-0.25, -0.2) is 5.48 Å². The summed E-state index contributed by atoms with van der Waals surface area (Å²) < 4.78 is 0. The Balaban J connectivity index is 1.47. The van der Waals surface area contributed by atoms with E-state index >= 15 is 0 Å². The zero-order valence-electron chi connectivity index (χ0n) is 17.0. The van der Waals surface area contributed by atoms with Crippen LogP contribution in [0.3, 0.4) is 0 Å². The molecule has 7 heteroatoms. The number of likely N-dealkylation sites (tertiary alicyclic amines) is 2. The lowest BCUT2D eigenvalue weighted by atomic mass is 9.83. The highest BCUT2D eigenvalue weighted by Crippen LogP contribution is 2.31. The summed E-state index contributed by atoms with van der Waals surface area (Å²) in [5.41, 5.74) is 4.26. The molecule has 0 unspecified atom stereocenters. The van der Waals surface area contributed by atoms with Gasteiger partial charge in [0.15, 0.2) is 0 Å². The van der Waals surface area contributed by atoms with Crippen LogP contribution in [0.25, 0.3) is 5.57 Å². The first-order valence-corrected chi connectivity index (χ1v) is 10.5. The van der Waals surface area contributed by atoms with Gasteiger partial charge in [-0.15, -0.1) is 0 Å². The van der Waals surface area contributed by atoms with Crippen molar-refractivity contribution in [2.75, 3.05) is 39.8 Å². The standard InChI is InChI=1S/C22H30N4O3/c1-24-15-18(25-10-5-11-25)14-19(21(27)23-29)20(24)22(28)26-12-8-17(9-13-26)16-6-3-2-4-7-16/h2-4,6-8,18-20,29H,5,9-15H2,1H3,(H,23,27)/t18-,19-,20-/m0/s1. The van der Waals surface area contributed by atoms with Crippen LogP contribution in [0.1, 0.15) is 24.8 Å². The number of amides is 2. The molecule has 2 fully saturated rings. The van der Waals surface area contributed by atoms with E-state index in [1.54, 1.807) is 5.48 Å². The molecule has 2 amide bonds. The Morgan fingerprint density at radius 1 is 1.14 bits per heavy atom. The number of nitrogens with one attached hydrogen (secondary N) is 1. The molecule has 0 aromatic heterocycles. The first-order chi connectivity index (χ1) is 14.1. The van der Waals surface area contributed by atoms with E-state index in [0.717, 1.165) is 26.1 Å². The number of carbonyl (C=O) groups is 2. The highest BCUT2D eigenvalue weighted by atomic mass is 16.5. The van der Waals surface area contributed by atoms with Crippen molar-refractivity contribution < 1.29 is 14.8 Å². The summed E-state index contributed by atoms with van der Waals surface area (Å²) in [6.45, 7) is 4.06. The van der Waals surface area contributed by atoms with E-state index in [-0.39, 0.29) is 11.9 Å². The molecule has 0 bridgehead atoms. The van der Waals surface area contributed by atoms with Gasteiger partial charge in [-0.05, 0) is 50.5 Å². The minimum absolute atomic E-state index is 0.0217. The maximum atomic E-state index is 13.4. The van der Waals surface area contributed by atoms with Crippen molar-refractivity contribution >= 4 is 17.4 Å². The molecule has 156 valence electrons. The molecule has 1 aromatic rings. The summed E-state index contributed by atoms with van der Waals surface area (Å²) in [5.74, 6) is -1.03. The summed E-state index contributed by atoms with van der Waals surface area (Å²) in [6, 6.07) is 9.96. The fourth-order valence-corrected chi connectivity index (χ4v) is 4.88. The Morgan fingerprint density at radius 3 is 2.48 bits per heavy atom. The lowest BCUT2D eigenvalue weighted by Crippen LogP contribution is -2.63. The van der Waals surface area contributed by atoms with Gasteiger partial charge >= 0.3 is 0 Å². The van der Waals surface area contributed by atoms with Gasteiger partial charge in [0.1, 0.15) is 6.04 Å². The molecule has 0 aliphatic carbocycles. The average molecular weight is 399 g/mol. The average Bonchev–Trinajstić information content (AvgIpc) is 2.72. The second-order valence-corrected chi connectivity index (χ2v) is 8.38. The van der Waals surface area contributed by atoms with Crippen LogP contribution >= 0.6 is 0 Å². The zero-order valence-corrected chi connectivity index (χ0v) is 17.0. The van der Waals surface area contributed by atoms with Crippen LogP contribution in [0.5, 0.6) is 0 Å². The Labute approximate surface area is 171 Å². The van der Waals surface area contributed by atoms with Crippen molar-refractivity contribution in [3.63, 3.8) is 0 Å². The molecular formula is C22H30N4O3. The van der Waals surface area contributed by atoms with E-state index < -0.39 is 17.9 Å². The van der Waals surface area contributed by atoms with E-state index in [1.165, 1.54) is 17.6 Å². The van der Waals surface area contributed by atoms with Crippen LogP contribution in [0.15, 0.2) is 36.4 Å². The molecule has 0 saturated carbocycles. The minimum atomic E-state index is -0.545. The third-order valence-electron chi connectivity index (χ3n) is 6.65. The van der Waals surface area contributed by atoms with Crippen molar-refractivity contribution in [1.29, 1.82) is 0 Å². The third-order valence-corrected chi connectivity index (χ3v) is 6.65. The van der Waals surface area contributed by atoms with Crippen LogP contribution in [0.4, 0.5) is 0 Å². The Kier molecular flexibility index (Phi) is 5.99. The minimum Gasteiger partial charge on any atom is -0.337 e. The number of nitrogens with zero attached hydrogens (tertiary/aromatic N) is 3. The van der Waals surface area contributed by atoms with Crippen molar-refractivity contribution in [3.05, 3.63) is 42.0 Å². The summed E-state index contributed by atoms with van der Waals surface area (Å²) in [4.78, 5) is 32.0. The lowest BCUT2D eigenvalue weighted by Gasteiger charge is -2.48. The van der Waals surface area contributed by atoms with Crippen LogP contribution < -0.4 is 5.48 Å². The fraction of sp³-hybridized carbons (Fsp3) is 0.545. The van der Waals surface area contributed by atoms with E-state index in [2.05, 4.69) is 23.1 Å². The molecule has 1 aromatic carbocycles. The molecule has 29 heavy (non-hydrogen) atoms. The predicted molar refractivity (Wildman–Crippen MR) is 110 cm³/mol. The van der Waals surface area contributed by atoms with E-state index in [4.69, 9.17) is 0 Å². The second-order valence-electron chi connectivity index (χ2n) is 8.38. The summed E-state index contributed by atoms with van der Waals surface area (Å²) in [5, 5.41) is 9.27. The number of benzene rings is 1. The Hall–Kier alpha value is -2.22. The van der Waals surface area contributed by atoms with Gasteiger partial charge < -0.3 is 4.90 Å². The number of rotatable bonds is 4. The fourth-order valence-electron chi connectivity index (χ4n) is 4.88. The molecule has 2 N–H and O–H groups in total. The molecule has 0 spiro atoms. The van der Waals surface area contributed by atoms with Crippen LogP contribution in [-0.4, -0.2) is 83.6 Å². The quantitative estimate of drug-likeness (QED) is 0.589. The number of hydrogen-bond donors (Lipinski definition) is 2. The molecule has 4 rings (SSSR count). The number of carbonyl (C=O) groups excluding carboxylic acids is 2. The number of hydroxylamine groups is 1. The molecule has 3 heterocycles. The van der Waals surface area contributed by atoms with Gasteiger partial charge in [0.05, 0.1) is 5.92 Å². The van der Waals surface area contributed by atoms with Gasteiger partial charge in [-0.1, -0.05) is 36.4 Å². The first-order valence-electron chi connectivity index (χ1n) is 10.5. The molecule has 3 aliphatic rings. The number of piperidine rings is 1. The Morgan fingerprint density at radius 2 is 1.90 bits per heavy atom. The highest BCUT2D eigenvalue weighted by molar-refractivity contribution is 5.90. The van der Waals surface area contributed by atoms with E-state index in [9.17, 15) is 14.8 Å². The van der Waals surface area contributed by atoms with E-state index in [1.807, 2.05) is 35.0 Å².